The van der Waals surface area contributed by atoms with E-state index in [0.717, 1.165) is 60.2 Å². The zero-order chi connectivity index (χ0) is 49.8. The van der Waals surface area contributed by atoms with Gasteiger partial charge in [-0.25, -0.2) is 0 Å². The molecule has 0 aliphatic carbocycles. The molecule has 2 aromatic heterocycles. The number of para-hydroxylation sites is 2. The van der Waals surface area contributed by atoms with E-state index in [0.29, 0.717) is 38.8 Å². The number of aromatic nitrogens is 1. The molecule has 2 heterocycles. The van der Waals surface area contributed by atoms with Crippen LogP contribution in [0.2, 0.25) is 0 Å². The molecule has 0 radical (unpaired) electrons. The van der Waals surface area contributed by atoms with Crippen molar-refractivity contribution in [3.05, 3.63) is 242 Å². The fourth-order valence-corrected chi connectivity index (χ4v) is 9.43. The first kappa shape index (κ1) is 29.6. The molecule has 0 atom stereocenters. The van der Waals surface area contributed by atoms with Gasteiger partial charge in [0.15, 0.2) is 0 Å². The molecule has 3 heteroatoms. The summed E-state index contributed by atoms with van der Waals surface area (Å²) in [5, 5.41) is 7.00. The predicted molar refractivity (Wildman–Crippen MR) is 274 cm³/mol. The third-order valence-corrected chi connectivity index (χ3v) is 12.5. The summed E-state index contributed by atoms with van der Waals surface area (Å²) in [7, 11) is 0. The fourth-order valence-electron chi connectivity index (χ4n) is 9.43. The van der Waals surface area contributed by atoms with Crippen LogP contribution in [-0.2, 0) is 0 Å². The lowest BCUT2D eigenvalue weighted by Gasteiger charge is -2.27. The Labute approximate surface area is 387 Å². The van der Waals surface area contributed by atoms with Crippen LogP contribution in [0.15, 0.2) is 247 Å². The first-order valence-electron chi connectivity index (χ1n) is 25.6. The van der Waals surface area contributed by atoms with Gasteiger partial charge in [-0.05, 0) is 134 Å². The summed E-state index contributed by atoms with van der Waals surface area (Å²) >= 11 is 0. The monoisotopic (exact) mass is 836 g/mol. The van der Waals surface area contributed by atoms with E-state index in [1.165, 1.54) is 4.90 Å². The van der Waals surface area contributed by atoms with Crippen molar-refractivity contribution < 1.29 is 15.4 Å². The van der Waals surface area contributed by atoms with Crippen LogP contribution in [0.1, 0.15) is 11.0 Å². The summed E-state index contributed by atoms with van der Waals surface area (Å²) in [5.74, 6) is 0. The van der Waals surface area contributed by atoms with Crippen molar-refractivity contribution in [3.63, 3.8) is 0 Å². The Balaban J connectivity index is 1.07. The van der Waals surface area contributed by atoms with E-state index in [1.807, 2.05) is 164 Å². The molecule has 0 aliphatic heterocycles. The third-order valence-electron chi connectivity index (χ3n) is 12.5. The fraction of sp³-hybridized carbons (Fsp3) is 0. The van der Waals surface area contributed by atoms with Crippen LogP contribution in [0.25, 0.3) is 104 Å². The van der Waals surface area contributed by atoms with Crippen LogP contribution in [-0.4, -0.2) is 4.57 Å². The van der Waals surface area contributed by atoms with Crippen LogP contribution >= 0.6 is 0 Å². The molecule has 13 rings (SSSR count). The second-order valence-corrected chi connectivity index (χ2v) is 16.3. The Morgan fingerprint density at radius 2 is 1.08 bits per heavy atom. The average Bonchev–Trinajstić information content (AvgIpc) is 3.98. The van der Waals surface area contributed by atoms with Gasteiger partial charge in [-0.2, -0.15) is 0 Å². The highest BCUT2D eigenvalue weighted by atomic mass is 16.3. The normalized spacial score (nSPS) is 13.4. The summed E-state index contributed by atoms with van der Waals surface area (Å²) in [6.07, 6.45) is 0. The topological polar surface area (TPSA) is 21.3 Å². The number of anilines is 3. The van der Waals surface area contributed by atoms with Gasteiger partial charge >= 0.3 is 0 Å². The smallest absolute Gasteiger partial charge is 0.143 e. The standard InChI is InChI=1S/C62H40N2O/c1-2-19-50(20-3-1)64-57-24-9-8-23-54(57)56-40-49(32-36-58(56)64)47-18-11-21-52(39-47)63(59-25-12-26-60-61(59)55-35-31-43-14-6-7-22-53(43)62(55)65-60)51-33-29-42(30-34-51)45-16-10-17-46(37-45)48-28-27-41-13-4-5-15-44(41)38-48/h1-40H/i11D,18D,21D,29D,30D,33D,34D,39D. The molecule has 13 aromatic rings. The minimum Gasteiger partial charge on any atom is -0.455 e. The summed E-state index contributed by atoms with van der Waals surface area (Å²) in [6, 6.07) is 59.5. The molecule has 0 N–H and O–H groups in total. The van der Waals surface area contributed by atoms with Gasteiger partial charge in [-0.15, -0.1) is 0 Å². The predicted octanol–water partition coefficient (Wildman–Crippen LogP) is 17.5. The Morgan fingerprint density at radius 3 is 1.95 bits per heavy atom. The Morgan fingerprint density at radius 1 is 0.400 bits per heavy atom. The lowest BCUT2D eigenvalue weighted by molar-refractivity contribution is 0.672. The molecular weight excluding hydrogens is 789 g/mol. The van der Waals surface area contributed by atoms with Gasteiger partial charge in [0, 0.05) is 38.6 Å². The second kappa shape index (κ2) is 15.0. The molecule has 0 saturated carbocycles. The molecule has 0 spiro atoms. The summed E-state index contributed by atoms with van der Waals surface area (Å²) < 4.78 is 87.0. The van der Waals surface area contributed by atoms with Crippen molar-refractivity contribution in [3.8, 4) is 39.1 Å². The molecule has 0 fully saturated rings. The van der Waals surface area contributed by atoms with Crippen molar-refractivity contribution in [2.24, 2.45) is 0 Å². The number of furan rings is 1. The molecule has 0 aliphatic rings. The van der Waals surface area contributed by atoms with Gasteiger partial charge in [0.2, 0.25) is 0 Å². The van der Waals surface area contributed by atoms with Crippen molar-refractivity contribution in [2.75, 3.05) is 4.90 Å². The SMILES string of the molecule is [2H]c1c([2H])c(-c2ccc3c(c2)c2ccccc2n3-c2ccccc2)c([2H])c(N(c2c([2H])c([2H])c(-c3cccc(-c4ccc5ccccc5c4)c3)c([2H])c2[2H])c2cccc3oc4c5ccccc5ccc4c23)c1[2H]. The molecule has 3 nitrogen and oxygen atoms in total. The van der Waals surface area contributed by atoms with E-state index in [2.05, 4.69) is 16.7 Å². The molecule has 11 aromatic carbocycles. The summed E-state index contributed by atoms with van der Waals surface area (Å²) in [5.41, 5.74) is 6.65. The van der Waals surface area contributed by atoms with Crippen LogP contribution < -0.4 is 4.90 Å². The minimum atomic E-state index is -0.486. The molecule has 0 amide bonds. The lowest BCUT2D eigenvalue weighted by Crippen LogP contribution is -2.10. The number of hydrogen-bond acceptors (Lipinski definition) is 2. The van der Waals surface area contributed by atoms with E-state index in [9.17, 15) is 11.0 Å². The average molecular weight is 837 g/mol. The molecule has 304 valence electrons. The van der Waals surface area contributed by atoms with Gasteiger partial charge in [0.1, 0.15) is 11.2 Å². The zero-order valence-corrected chi connectivity index (χ0v) is 34.8. The van der Waals surface area contributed by atoms with E-state index < -0.39 is 24.2 Å². The Bertz CT molecular complexity index is 4420. The largest absolute Gasteiger partial charge is 0.455 e. The lowest BCUT2D eigenvalue weighted by atomic mass is 9.97. The maximum atomic E-state index is 10.2. The minimum absolute atomic E-state index is 0.0760. The number of nitrogens with zero attached hydrogens (tertiary/aromatic N) is 2. The van der Waals surface area contributed by atoms with Crippen LogP contribution in [0, 0.1) is 0 Å². The van der Waals surface area contributed by atoms with Crippen LogP contribution in [0.4, 0.5) is 17.1 Å². The highest BCUT2D eigenvalue weighted by Gasteiger charge is 2.21. The van der Waals surface area contributed by atoms with Crippen LogP contribution in [0.3, 0.4) is 0 Å². The number of fused-ring (bicyclic) bond motifs is 9. The van der Waals surface area contributed by atoms with Gasteiger partial charge in [0.05, 0.1) is 33.1 Å². The van der Waals surface area contributed by atoms with Gasteiger partial charge < -0.3 is 13.9 Å². The van der Waals surface area contributed by atoms with Crippen molar-refractivity contribution >= 4 is 82.4 Å². The molecular formula is C62H40N2O. The Kier molecular flexibility index (Phi) is 6.84. The number of hydrogen-bond donors (Lipinski definition) is 0. The highest BCUT2D eigenvalue weighted by Crippen LogP contribution is 2.46. The first-order chi connectivity index (χ1) is 35.6. The van der Waals surface area contributed by atoms with Crippen molar-refractivity contribution in [2.45, 2.75) is 0 Å². The molecule has 0 saturated heterocycles. The number of benzene rings is 11. The zero-order valence-electron chi connectivity index (χ0n) is 42.8. The third kappa shape index (κ3) is 6.20. The van der Waals surface area contributed by atoms with Gasteiger partial charge in [0.25, 0.3) is 0 Å². The molecule has 0 unspecified atom stereocenters. The highest BCUT2D eigenvalue weighted by molar-refractivity contribution is 6.19. The van der Waals surface area contributed by atoms with Crippen molar-refractivity contribution in [1.29, 1.82) is 0 Å². The summed E-state index contributed by atoms with van der Waals surface area (Å²) in [6.45, 7) is 0. The van der Waals surface area contributed by atoms with Crippen molar-refractivity contribution in [1.82, 2.24) is 4.57 Å². The maximum Gasteiger partial charge on any atom is 0.143 e. The second-order valence-electron chi connectivity index (χ2n) is 16.3. The van der Waals surface area contributed by atoms with Crippen LogP contribution in [0.5, 0.6) is 0 Å². The number of rotatable bonds is 7. The summed E-state index contributed by atoms with van der Waals surface area (Å²) in [4.78, 5) is 1.42. The Hall–Kier alpha value is -8.66. The van der Waals surface area contributed by atoms with Gasteiger partial charge in [-0.3, -0.25) is 0 Å². The van der Waals surface area contributed by atoms with E-state index in [4.69, 9.17) is 4.42 Å². The maximum absolute atomic E-state index is 10.2. The molecule has 65 heavy (non-hydrogen) atoms. The van der Waals surface area contributed by atoms with E-state index in [-0.39, 0.29) is 46.7 Å². The quantitative estimate of drug-likeness (QED) is 0.159. The molecule has 0 bridgehead atoms. The first-order valence-corrected chi connectivity index (χ1v) is 21.6. The van der Waals surface area contributed by atoms with E-state index >= 15 is 0 Å². The van der Waals surface area contributed by atoms with E-state index in [1.54, 1.807) is 18.2 Å². The van der Waals surface area contributed by atoms with Gasteiger partial charge in [-0.1, -0.05) is 158 Å².